The molecule has 14 heteroatoms. The first-order valence-electron chi connectivity index (χ1n) is 12.6. The van der Waals surface area contributed by atoms with E-state index in [9.17, 15) is 27.6 Å². The largest absolute Gasteiger partial charge is 0.492 e. The fourth-order valence-electron chi connectivity index (χ4n) is 4.85. The van der Waals surface area contributed by atoms with Crippen LogP contribution in [0.3, 0.4) is 0 Å². The van der Waals surface area contributed by atoms with Crippen molar-refractivity contribution in [2.75, 3.05) is 13.7 Å². The second-order valence-electron chi connectivity index (χ2n) is 9.70. The lowest BCUT2D eigenvalue weighted by Gasteiger charge is -2.37. The van der Waals surface area contributed by atoms with Gasteiger partial charge in [0.25, 0.3) is 6.33 Å². The first kappa shape index (κ1) is 30.5. The van der Waals surface area contributed by atoms with Gasteiger partial charge < -0.3 is 24.5 Å². The van der Waals surface area contributed by atoms with Crippen LogP contribution in [0, 0.1) is 24.4 Å². The molecule has 3 aromatic rings. The summed E-state index contributed by atoms with van der Waals surface area (Å²) in [7, 11) is -3.18. The number of rotatable bonds is 9. The number of halogens is 3. The number of phosphoric ester groups is 1. The molecule has 1 aliphatic heterocycles. The summed E-state index contributed by atoms with van der Waals surface area (Å²) in [6.07, 6.45) is 4.73. The number of carbonyl (C=O) groups excluding carboxylic acids is 1. The summed E-state index contributed by atoms with van der Waals surface area (Å²) in [6.45, 7) is 3.00. The molecule has 0 radical (unpaired) electrons. The monoisotopic (exact) mass is 596 g/mol. The second-order valence-corrected chi connectivity index (χ2v) is 10.9. The molecule has 3 N–H and O–H groups in total. The van der Waals surface area contributed by atoms with E-state index in [1.54, 1.807) is 48.3 Å². The summed E-state index contributed by atoms with van der Waals surface area (Å²) in [5, 5.41) is 10.4. The maximum Gasteiger partial charge on any atom is 0.472 e. The average Bonchev–Trinajstić information content (AvgIpc) is 3.27. The lowest BCUT2D eigenvalue weighted by molar-refractivity contribution is -0.596. The van der Waals surface area contributed by atoms with Gasteiger partial charge in [-0.2, -0.15) is 4.57 Å². The van der Waals surface area contributed by atoms with Crippen molar-refractivity contribution in [3.8, 4) is 11.4 Å². The van der Waals surface area contributed by atoms with Crippen molar-refractivity contribution in [2.24, 2.45) is 0 Å². The number of aliphatic hydroxyl groups excluding tert-OH is 1. The Labute approximate surface area is 234 Å². The number of hydrogen-bond acceptors (Lipinski definition) is 5. The Balaban J connectivity index is 1.62. The molecular formula is C27H30F3N3O7P+. The number of aryl methyl sites for hydroxylation is 1. The van der Waals surface area contributed by atoms with Crippen molar-refractivity contribution >= 4 is 19.8 Å². The van der Waals surface area contributed by atoms with Gasteiger partial charge in [-0.25, -0.2) is 26.8 Å². The number of imidazole rings is 1. The number of hydrogen-bond donors (Lipinski definition) is 3. The number of amides is 1. The number of likely N-dealkylation sites (tertiary alicyclic amines) is 1. The topological polar surface area (TPSA) is 125 Å². The van der Waals surface area contributed by atoms with Crippen molar-refractivity contribution in [3.63, 3.8) is 0 Å². The Kier molecular flexibility index (Phi) is 9.05. The van der Waals surface area contributed by atoms with E-state index in [4.69, 9.17) is 14.5 Å². The smallest absolute Gasteiger partial charge is 0.472 e. The fourth-order valence-corrected chi connectivity index (χ4v) is 5.12. The molecule has 220 valence electrons. The van der Waals surface area contributed by atoms with Gasteiger partial charge in [-0.3, -0.25) is 4.79 Å². The number of methoxy groups -OCH3 is 1. The number of benzene rings is 2. The Hall–Kier alpha value is -3.48. The number of ether oxygens (including phenoxy) is 1. The molecule has 0 aliphatic carbocycles. The van der Waals surface area contributed by atoms with Crippen LogP contribution in [0.4, 0.5) is 13.2 Å². The van der Waals surface area contributed by atoms with E-state index in [0.29, 0.717) is 41.1 Å². The van der Waals surface area contributed by atoms with Crippen molar-refractivity contribution in [1.29, 1.82) is 0 Å². The lowest BCUT2D eigenvalue weighted by atomic mass is 9.94. The van der Waals surface area contributed by atoms with Gasteiger partial charge in [-0.05, 0) is 61.2 Å². The van der Waals surface area contributed by atoms with Gasteiger partial charge in [0.05, 0.1) is 19.3 Å². The van der Waals surface area contributed by atoms with Crippen LogP contribution in [0.15, 0.2) is 48.4 Å². The summed E-state index contributed by atoms with van der Waals surface area (Å²) in [5.74, 6) is -4.42. The van der Waals surface area contributed by atoms with Crippen molar-refractivity contribution < 1.29 is 51.3 Å². The van der Waals surface area contributed by atoms with Gasteiger partial charge in [0.2, 0.25) is 12.6 Å². The molecule has 10 nitrogen and oxygen atoms in total. The van der Waals surface area contributed by atoms with Crippen LogP contribution in [0.5, 0.6) is 5.75 Å². The first-order valence-corrected chi connectivity index (χ1v) is 14.1. The predicted octanol–water partition coefficient (Wildman–Crippen LogP) is 3.69. The minimum atomic E-state index is -4.65. The molecule has 0 saturated carbocycles. The van der Waals surface area contributed by atoms with Crippen molar-refractivity contribution in [3.05, 3.63) is 82.7 Å². The van der Waals surface area contributed by atoms with E-state index in [1.165, 1.54) is 23.5 Å². The Morgan fingerprint density at radius 2 is 1.85 bits per heavy atom. The van der Waals surface area contributed by atoms with Crippen LogP contribution in [0.1, 0.15) is 42.6 Å². The highest BCUT2D eigenvalue weighted by atomic mass is 31.2. The van der Waals surface area contributed by atoms with Crippen LogP contribution in [-0.2, 0) is 20.6 Å². The zero-order valence-electron chi connectivity index (χ0n) is 22.5. The third-order valence-electron chi connectivity index (χ3n) is 6.75. The minimum absolute atomic E-state index is 0.0533. The number of phosphoric acid groups is 1. The van der Waals surface area contributed by atoms with Crippen LogP contribution >= 0.6 is 7.82 Å². The molecule has 2 heterocycles. The zero-order valence-corrected chi connectivity index (χ0v) is 23.4. The number of aliphatic hydroxyl groups is 1. The average molecular weight is 597 g/mol. The zero-order chi connectivity index (χ0) is 30.1. The van der Waals surface area contributed by atoms with E-state index >= 15 is 0 Å². The van der Waals surface area contributed by atoms with E-state index in [-0.39, 0.29) is 18.8 Å². The lowest BCUT2D eigenvalue weighted by Crippen LogP contribution is -2.43. The molecule has 4 rings (SSSR count). The van der Waals surface area contributed by atoms with E-state index in [2.05, 4.69) is 4.52 Å². The van der Waals surface area contributed by atoms with Crippen molar-refractivity contribution in [2.45, 2.75) is 45.6 Å². The van der Waals surface area contributed by atoms with Crippen LogP contribution in [-0.4, -0.2) is 50.0 Å². The van der Waals surface area contributed by atoms with Crippen LogP contribution in [0.25, 0.3) is 11.8 Å². The highest BCUT2D eigenvalue weighted by Crippen LogP contribution is 2.36. The SMILES string of the molecule is COc1cc(/C=C2\CCCN([C@H](c3cc(F)c(F)c(F)c3)[C@@H](C)O)C2=O)ccc1-[n+]1cc(C)n(COP(=O)(O)O)c1. The normalized spacial score (nSPS) is 16.8. The molecule has 2 aromatic carbocycles. The molecule has 1 fully saturated rings. The maximum absolute atomic E-state index is 14.0. The minimum Gasteiger partial charge on any atom is -0.492 e. The van der Waals surface area contributed by atoms with Gasteiger partial charge in [0.1, 0.15) is 11.9 Å². The number of piperidine rings is 1. The Morgan fingerprint density at radius 1 is 1.17 bits per heavy atom. The van der Waals surface area contributed by atoms with Gasteiger partial charge in [0.15, 0.2) is 28.9 Å². The molecule has 2 atom stereocenters. The van der Waals surface area contributed by atoms with Crippen LogP contribution < -0.4 is 9.30 Å². The number of nitrogens with zero attached hydrogens (tertiary/aromatic N) is 3. The molecule has 1 amide bonds. The van der Waals surface area contributed by atoms with Crippen LogP contribution in [0.2, 0.25) is 0 Å². The molecule has 1 saturated heterocycles. The molecular weight excluding hydrogens is 566 g/mol. The summed E-state index contributed by atoms with van der Waals surface area (Å²) in [5.41, 5.74) is 2.25. The van der Waals surface area contributed by atoms with E-state index < -0.39 is 43.3 Å². The molecule has 41 heavy (non-hydrogen) atoms. The summed E-state index contributed by atoms with van der Waals surface area (Å²) in [6, 6.07) is 5.68. The van der Waals surface area contributed by atoms with Gasteiger partial charge in [-0.15, -0.1) is 0 Å². The standard InChI is InChI=1S/C27H29F3N3O7P/c1-16-13-31(14-32(16)15-40-41(36,37)38)23-7-6-18(10-24(23)39-3)9-19-5-4-8-33(27(19)35)26(17(2)34)20-11-21(28)25(30)22(29)12-20/h6-7,9-14,17,26,34H,4-5,8,15H2,1-3H3,(H-,36,37,38)/p+1/b19-9+/t17-,26+/m1/s1. The number of carbonyl (C=O) groups is 1. The molecule has 0 spiro atoms. The molecule has 1 aliphatic rings. The molecule has 0 unspecified atom stereocenters. The second kappa shape index (κ2) is 12.2. The van der Waals surface area contributed by atoms with E-state index in [0.717, 1.165) is 12.1 Å². The molecule has 0 bridgehead atoms. The molecule has 1 aromatic heterocycles. The van der Waals surface area contributed by atoms with Crippen molar-refractivity contribution in [1.82, 2.24) is 9.47 Å². The summed E-state index contributed by atoms with van der Waals surface area (Å²) in [4.78, 5) is 32.8. The third-order valence-corrected chi connectivity index (χ3v) is 7.20. The van der Waals surface area contributed by atoms with Gasteiger partial charge in [-0.1, -0.05) is 6.07 Å². The summed E-state index contributed by atoms with van der Waals surface area (Å²) >= 11 is 0. The highest BCUT2D eigenvalue weighted by Gasteiger charge is 2.34. The van der Waals surface area contributed by atoms with Gasteiger partial charge >= 0.3 is 7.82 Å². The fraction of sp³-hybridized carbons (Fsp3) is 0.333. The number of aromatic nitrogens is 2. The Morgan fingerprint density at radius 3 is 2.46 bits per heavy atom. The Bertz CT molecular complexity index is 1510. The van der Waals surface area contributed by atoms with E-state index in [1.807, 2.05) is 0 Å². The third kappa shape index (κ3) is 6.88. The maximum atomic E-state index is 14.0. The first-order chi connectivity index (χ1) is 19.3. The predicted molar refractivity (Wildman–Crippen MR) is 140 cm³/mol. The highest BCUT2D eigenvalue weighted by molar-refractivity contribution is 7.46. The summed E-state index contributed by atoms with van der Waals surface area (Å²) < 4.78 is 65.9. The van der Waals surface area contributed by atoms with Gasteiger partial charge in [0, 0.05) is 19.0 Å². The quantitative estimate of drug-likeness (QED) is 0.149.